The molecule has 0 aliphatic heterocycles. The van der Waals surface area contributed by atoms with Crippen molar-refractivity contribution in [2.24, 2.45) is 0 Å². The van der Waals surface area contributed by atoms with E-state index in [1.807, 2.05) is 6.92 Å². The maximum atomic E-state index is 13.3. The Bertz CT molecular complexity index is 788. The van der Waals surface area contributed by atoms with Crippen molar-refractivity contribution >= 4 is 11.8 Å². The van der Waals surface area contributed by atoms with Gasteiger partial charge in [-0.05, 0) is 36.8 Å². The van der Waals surface area contributed by atoms with Crippen molar-refractivity contribution in [3.05, 3.63) is 59.4 Å². The molecule has 2 rings (SSSR count). The van der Waals surface area contributed by atoms with Gasteiger partial charge < -0.3 is 19.7 Å². The molecule has 1 N–H and O–H groups in total. The average molecular weight is 374 g/mol. The van der Waals surface area contributed by atoms with Crippen LogP contribution in [0.3, 0.4) is 0 Å². The highest BCUT2D eigenvalue weighted by molar-refractivity contribution is 5.97. The number of halogens is 1. The number of carbonyl (C=O) groups is 2. The standard InChI is InChI=1S/C20H23FN2O4/c1-4-23(13-14-6-5-7-16(21)8-14)19(24)12-22-20(25)15-9-17(26-2)11-18(10-15)27-3/h5-11H,4,12-13H2,1-3H3,(H,22,25). The summed E-state index contributed by atoms with van der Waals surface area (Å²) in [5.41, 5.74) is 1.02. The van der Waals surface area contributed by atoms with Crippen LogP contribution in [0.2, 0.25) is 0 Å². The number of nitrogens with one attached hydrogen (secondary N) is 1. The van der Waals surface area contributed by atoms with Gasteiger partial charge in [-0.2, -0.15) is 0 Å². The van der Waals surface area contributed by atoms with E-state index < -0.39 is 5.91 Å². The van der Waals surface area contributed by atoms with Crippen LogP contribution >= 0.6 is 0 Å². The first kappa shape index (κ1) is 20.2. The zero-order valence-corrected chi connectivity index (χ0v) is 15.6. The molecule has 2 amide bonds. The zero-order chi connectivity index (χ0) is 19.8. The molecular formula is C20H23FN2O4. The summed E-state index contributed by atoms with van der Waals surface area (Å²) in [5, 5.41) is 2.60. The molecular weight excluding hydrogens is 351 g/mol. The first-order chi connectivity index (χ1) is 13.0. The van der Waals surface area contributed by atoms with E-state index in [2.05, 4.69) is 5.32 Å². The first-order valence-corrected chi connectivity index (χ1v) is 8.50. The molecule has 0 unspecified atom stereocenters. The lowest BCUT2D eigenvalue weighted by molar-refractivity contribution is -0.130. The molecule has 0 saturated carbocycles. The number of methoxy groups -OCH3 is 2. The van der Waals surface area contributed by atoms with Crippen LogP contribution in [0.25, 0.3) is 0 Å². The van der Waals surface area contributed by atoms with Gasteiger partial charge in [0.05, 0.1) is 20.8 Å². The molecule has 0 bridgehead atoms. The third-order valence-electron chi connectivity index (χ3n) is 4.01. The van der Waals surface area contributed by atoms with E-state index >= 15 is 0 Å². The molecule has 0 heterocycles. The summed E-state index contributed by atoms with van der Waals surface area (Å²) in [4.78, 5) is 26.3. The minimum absolute atomic E-state index is 0.165. The van der Waals surface area contributed by atoms with Crippen molar-refractivity contribution < 1.29 is 23.5 Å². The second-order valence-electron chi connectivity index (χ2n) is 5.82. The highest BCUT2D eigenvalue weighted by Crippen LogP contribution is 2.22. The lowest BCUT2D eigenvalue weighted by Crippen LogP contribution is -2.39. The van der Waals surface area contributed by atoms with Gasteiger partial charge in [-0.15, -0.1) is 0 Å². The van der Waals surface area contributed by atoms with Crippen LogP contribution in [-0.4, -0.2) is 44.0 Å². The van der Waals surface area contributed by atoms with Crippen LogP contribution in [0.15, 0.2) is 42.5 Å². The maximum Gasteiger partial charge on any atom is 0.251 e. The predicted molar refractivity (Wildman–Crippen MR) is 99.4 cm³/mol. The molecule has 0 spiro atoms. The van der Waals surface area contributed by atoms with Gasteiger partial charge in [0.25, 0.3) is 5.91 Å². The van der Waals surface area contributed by atoms with E-state index in [4.69, 9.17) is 9.47 Å². The summed E-state index contributed by atoms with van der Waals surface area (Å²) in [5.74, 6) is -0.0668. The van der Waals surface area contributed by atoms with Crippen molar-refractivity contribution in [2.75, 3.05) is 27.3 Å². The molecule has 0 radical (unpaired) electrons. The third-order valence-corrected chi connectivity index (χ3v) is 4.01. The molecule has 0 aliphatic rings. The lowest BCUT2D eigenvalue weighted by atomic mass is 10.2. The lowest BCUT2D eigenvalue weighted by Gasteiger charge is -2.21. The molecule has 0 aliphatic carbocycles. The van der Waals surface area contributed by atoms with Crippen LogP contribution in [0, 0.1) is 5.82 Å². The topological polar surface area (TPSA) is 67.9 Å². The van der Waals surface area contributed by atoms with Gasteiger partial charge in [-0.3, -0.25) is 9.59 Å². The molecule has 0 fully saturated rings. The first-order valence-electron chi connectivity index (χ1n) is 8.50. The second-order valence-corrected chi connectivity index (χ2v) is 5.82. The molecule has 2 aromatic carbocycles. The van der Waals surface area contributed by atoms with Crippen LogP contribution in [0.4, 0.5) is 4.39 Å². The molecule has 0 saturated heterocycles. The van der Waals surface area contributed by atoms with Gasteiger partial charge in [-0.25, -0.2) is 4.39 Å². The van der Waals surface area contributed by atoms with Crippen molar-refractivity contribution in [1.29, 1.82) is 0 Å². The Morgan fingerprint density at radius 3 is 2.30 bits per heavy atom. The smallest absolute Gasteiger partial charge is 0.251 e. The van der Waals surface area contributed by atoms with Gasteiger partial charge in [0.2, 0.25) is 5.91 Å². The third kappa shape index (κ3) is 5.70. The van der Waals surface area contributed by atoms with E-state index in [1.165, 1.54) is 26.4 Å². The number of rotatable bonds is 8. The summed E-state index contributed by atoms with van der Waals surface area (Å²) in [6.07, 6.45) is 0. The Balaban J connectivity index is 1.99. The maximum absolute atomic E-state index is 13.3. The number of nitrogens with zero attached hydrogens (tertiary/aromatic N) is 1. The van der Waals surface area contributed by atoms with Crippen molar-refractivity contribution in [1.82, 2.24) is 10.2 Å². The van der Waals surface area contributed by atoms with Gasteiger partial charge >= 0.3 is 0 Å². The molecule has 2 aromatic rings. The average Bonchev–Trinajstić information content (AvgIpc) is 2.69. The summed E-state index contributed by atoms with van der Waals surface area (Å²) >= 11 is 0. The van der Waals surface area contributed by atoms with Crippen LogP contribution in [0.1, 0.15) is 22.8 Å². The largest absolute Gasteiger partial charge is 0.497 e. The summed E-state index contributed by atoms with van der Waals surface area (Å²) in [6, 6.07) is 10.9. The normalized spacial score (nSPS) is 10.2. The molecule has 0 atom stereocenters. The van der Waals surface area contributed by atoms with E-state index in [9.17, 15) is 14.0 Å². The van der Waals surface area contributed by atoms with Gasteiger partial charge in [-0.1, -0.05) is 12.1 Å². The Labute approximate surface area is 157 Å². The van der Waals surface area contributed by atoms with Crippen LogP contribution < -0.4 is 14.8 Å². The highest BCUT2D eigenvalue weighted by atomic mass is 19.1. The molecule has 6 nitrogen and oxygen atoms in total. The Morgan fingerprint density at radius 2 is 1.74 bits per heavy atom. The monoisotopic (exact) mass is 374 g/mol. The minimum Gasteiger partial charge on any atom is -0.497 e. The van der Waals surface area contributed by atoms with Gasteiger partial charge in [0.1, 0.15) is 17.3 Å². The van der Waals surface area contributed by atoms with Crippen molar-refractivity contribution in [3.63, 3.8) is 0 Å². The molecule has 0 aromatic heterocycles. The molecule has 144 valence electrons. The van der Waals surface area contributed by atoms with Crippen molar-refractivity contribution in [3.8, 4) is 11.5 Å². The molecule has 7 heteroatoms. The predicted octanol–water partition coefficient (Wildman–Crippen LogP) is 2.62. The number of carbonyl (C=O) groups excluding carboxylic acids is 2. The minimum atomic E-state index is -0.414. The van der Waals surface area contributed by atoms with Gasteiger partial charge in [0, 0.05) is 24.7 Å². The quantitative estimate of drug-likeness (QED) is 0.771. The van der Waals surface area contributed by atoms with E-state index in [1.54, 1.807) is 35.2 Å². The van der Waals surface area contributed by atoms with E-state index in [-0.39, 0.29) is 24.8 Å². The molecule has 27 heavy (non-hydrogen) atoms. The number of likely N-dealkylation sites (N-methyl/N-ethyl adjacent to an activating group) is 1. The van der Waals surface area contributed by atoms with Crippen LogP contribution in [-0.2, 0) is 11.3 Å². The van der Waals surface area contributed by atoms with Crippen molar-refractivity contribution in [2.45, 2.75) is 13.5 Å². The van der Waals surface area contributed by atoms with E-state index in [0.717, 1.165) is 0 Å². The number of ether oxygens (including phenoxy) is 2. The fourth-order valence-electron chi connectivity index (χ4n) is 2.54. The second kappa shape index (κ2) is 9.56. The fraction of sp³-hybridized carbons (Fsp3) is 0.300. The Morgan fingerprint density at radius 1 is 1.07 bits per heavy atom. The number of hydrogen-bond donors (Lipinski definition) is 1. The fourth-order valence-corrected chi connectivity index (χ4v) is 2.54. The number of amides is 2. The Hall–Kier alpha value is -3.09. The summed E-state index contributed by atoms with van der Waals surface area (Å²) in [7, 11) is 2.98. The number of benzene rings is 2. The highest BCUT2D eigenvalue weighted by Gasteiger charge is 2.15. The van der Waals surface area contributed by atoms with Gasteiger partial charge in [0.15, 0.2) is 0 Å². The summed E-state index contributed by atoms with van der Waals surface area (Å²) in [6.45, 7) is 2.38. The van der Waals surface area contributed by atoms with Crippen LogP contribution in [0.5, 0.6) is 11.5 Å². The summed E-state index contributed by atoms with van der Waals surface area (Å²) < 4.78 is 23.6. The zero-order valence-electron chi connectivity index (χ0n) is 15.6. The number of hydrogen-bond acceptors (Lipinski definition) is 4. The van der Waals surface area contributed by atoms with E-state index in [0.29, 0.717) is 29.2 Å². The SMILES string of the molecule is CCN(Cc1cccc(F)c1)C(=O)CNC(=O)c1cc(OC)cc(OC)c1. The Kier molecular flexibility index (Phi) is 7.16.